The van der Waals surface area contributed by atoms with E-state index in [2.05, 4.69) is 196 Å². The van der Waals surface area contributed by atoms with Gasteiger partial charge in [-0.15, -0.1) is 0 Å². The summed E-state index contributed by atoms with van der Waals surface area (Å²) in [7, 11) is -5.54. The maximum Gasteiger partial charge on any atom is 0.397 e. The van der Waals surface area contributed by atoms with Crippen molar-refractivity contribution in [2.75, 3.05) is 72.7 Å². The van der Waals surface area contributed by atoms with Crippen molar-refractivity contribution in [2.45, 2.75) is 404 Å². The average molecular weight is 1660 g/mol. The van der Waals surface area contributed by atoms with E-state index in [9.17, 15) is 0 Å². The number of hydrogen-bond donors (Lipinski definition) is 0. The van der Waals surface area contributed by atoms with Crippen molar-refractivity contribution in [3.05, 3.63) is 86.5 Å². The molecule has 14 nitrogen and oxygen atoms in total. The summed E-state index contributed by atoms with van der Waals surface area (Å²) in [5.41, 5.74) is 10.1. The second kappa shape index (κ2) is 51.5. The van der Waals surface area contributed by atoms with Crippen LogP contribution in [0.2, 0.25) is 0 Å². The fraction of sp³-hybridized carbons (Fsp3) is 0.806. The Bertz CT molecular complexity index is 2780. The smallest absolute Gasteiger partial charge is 0.397 e. The van der Waals surface area contributed by atoms with Crippen LogP contribution in [0.5, 0.6) is 17.2 Å². The van der Waals surface area contributed by atoms with Crippen LogP contribution < -0.4 is 13.6 Å². The molecule has 1 atom stereocenters. The standard InChI is InChI=1S/C41H82O6P2.C35H54O6P2.C17H29O2P/c1-3-5-7-9-11-13-15-17-19-21-23-25-27-29-31-33-35-42-48-44-37-41(38-45-48)39-46-49(47-40-41)43-36-34-32-30-28-26-24-22-20-18-16-14-12-10-8-6-4-2;1-23-15-25(31(3,4)5)29(26(16-23)32(6,7)8)40-42-36-19-35(20-37-42)21-38-43(39-22-35)41-30-27(33(9,10)11)17-24(2)18-28(30)34(12,13)14;1-9-18-20-19-15-12(2)10-13(16(3,4)5)11-14(15)17(6,7)8/h3-40H2,1-2H3;15-18H,19-22H2,1-14H3;10-11,20H,9H2,1-8H3. The molecule has 4 heterocycles. The highest BCUT2D eigenvalue weighted by Crippen LogP contribution is 2.58. The lowest BCUT2D eigenvalue weighted by atomic mass is 9.78. The first-order chi connectivity index (χ1) is 52.9. The molecular weight excluding hydrogens is 1500 g/mol. The number of hydrogen-bond acceptors (Lipinski definition) is 14. The van der Waals surface area contributed by atoms with Crippen molar-refractivity contribution in [1.29, 1.82) is 0 Å². The molecule has 4 aliphatic heterocycles. The van der Waals surface area contributed by atoms with Crippen LogP contribution in [0.25, 0.3) is 0 Å². The summed E-state index contributed by atoms with van der Waals surface area (Å²) in [4.78, 5) is 0. The van der Waals surface area contributed by atoms with Gasteiger partial charge >= 0.3 is 34.4 Å². The third kappa shape index (κ3) is 38.2. The molecule has 646 valence electrons. The number of benzene rings is 3. The Hall–Kier alpha value is -1.23. The molecule has 19 heteroatoms. The molecule has 7 rings (SSSR count). The minimum absolute atomic E-state index is 0.0536. The lowest BCUT2D eigenvalue weighted by molar-refractivity contribution is -0.0761. The van der Waals surface area contributed by atoms with E-state index in [4.69, 9.17) is 63.3 Å². The zero-order valence-electron chi connectivity index (χ0n) is 75.9. The van der Waals surface area contributed by atoms with E-state index in [0.717, 1.165) is 43.3 Å². The van der Waals surface area contributed by atoms with Gasteiger partial charge in [-0.05, 0) is 84.2 Å². The molecule has 0 aliphatic carbocycles. The van der Waals surface area contributed by atoms with Gasteiger partial charge in [0.2, 0.25) is 9.03 Å². The summed E-state index contributed by atoms with van der Waals surface area (Å²) in [5, 5.41) is 0. The second-order valence-corrected chi connectivity index (χ2v) is 44.6. The zero-order valence-corrected chi connectivity index (χ0v) is 80.5. The first kappa shape index (κ1) is 101. The van der Waals surface area contributed by atoms with Gasteiger partial charge in [0.25, 0.3) is 0 Å². The molecule has 0 N–H and O–H groups in total. The predicted octanol–water partition coefficient (Wildman–Crippen LogP) is 31.1. The van der Waals surface area contributed by atoms with Crippen molar-refractivity contribution in [1.82, 2.24) is 0 Å². The fourth-order valence-electron chi connectivity index (χ4n) is 14.1. The van der Waals surface area contributed by atoms with E-state index in [0.29, 0.717) is 59.5 Å². The van der Waals surface area contributed by atoms with Crippen molar-refractivity contribution in [3.8, 4) is 17.2 Å². The molecular formula is C93H165O14P5. The van der Waals surface area contributed by atoms with E-state index in [1.54, 1.807) is 0 Å². The Labute approximate surface area is 694 Å². The molecule has 1 unspecified atom stereocenters. The Balaban J connectivity index is 0.000000324. The normalized spacial score (nSPS) is 20.8. The highest BCUT2D eigenvalue weighted by Gasteiger charge is 2.47. The van der Waals surface area contributed by atoms with Crippen LogP contribution in [0.1, 0.15) is 401 Å². The molecule has 4 aliphatic rings. The molecule has 0 bridgehead atoms. The summed E-state index contributed by atoms with van der Waals surface area (Å²) in [6.45, 7) is 59.2. The Morgan fingerprint density at radius 2 is 0.545 bits per heavy atom. The fourth-order valence-corrected chi connectivity index (χ4v) is 19.8. The average Bonchev–Trinajstić information content (AvgIpc) is 0.776. The zero-order chi connectivity index (χ0) is 82.5. The van der Waals surface area contributed by atoms with Gasteiger partial charge in [-0.2, -0.15) is 0 Å². The lowest BCUT2D eigenvalue weighted by Crippen LogP contribution is -2.45. The predicted molar refractivity (Wildman–Crippen MR) is 479 cm³/mol. The molecule has 3 aromatic rings. The maximum atomic E-state index is 6.58. The van der Waals surface area contributed by atoms with Gasteiger partial charge in [-0.1, -0.05) is 379 Å². The third-order valence-corrected chi connectivity index (χ3v) is 26.4. The lowest BCUT2D eigenvalue weighted by Gasteiger charge is -2.42. The molecule has 0 aromatic heterocycles. The van der Waals surface area contributed by atoms with Crippen molar-refractivity contribution in [2.24, 2.45) is 10.8 Å². The van der Waals surface area contributed by atoms with E-state index < -0.39 is 39.8 Å². The van der Waals surface area contributed by atoms with Gasteiger partial charge in [-0.3, -0.25) is 0 Å². The summed E-state index contributed by atoms with van der Waals surface area (Å²) in [6.07, 6.45) is 44.1. The quantitative estimate of drug-likeness (QED) is 0.0393. The Morgan fingerprint density at radius 1 is 0.304 bits per heavy atom. The van der Waals surface area contributed by atoms with Gasteiger partial charge in [0, 0.05) is 27.8 Å². The van der Waals surface area contributed by atoms with E-state index in [1.165, 1.54) is 243 Å². The Morgan fingerprint density at radius 3 is 0.786 bits per heavy atom. The summed E-state index contributed by atoms with van der Waals surface area (Å²) >= 11 is 0. The largest absolute Gasteiger partial charge is 0.449 e. The van der Waals surface area contributed by atoms with E-state index in [-0.39, 0.29) is 46.9 Å². The highest BCUT2D eigenvalue weighted by molar-refractivity contribution is 7.43. The SMILES string of the molecule is CCCCCCCCCCCCCCCCCCOP1OCC2(CO1)COP(OCCCCCCCCCCCCCCCCCC)OC2.CCOPOc1c(C)cc(C(C)(C)C)cc1C(C)(C)C.Cc1cc(C(C)(C)C)c(OP2OCC3(CO2)COP(Oc2c(C(C)(C)C)cc(C)cc2C(C)(C)C)OC3)c(C(C)(C)C)c1. The monoisotopic (exact) mass is 1660 g/mol. The van der Waals surface area contributed by atoms with Crippen LogP contribution in [0.3, 0.4) is 0 Å². The Kier molecular flexibility index (Phi) is 46.6. The van der Waals surface area contributed by atoms with Gasteiger partial charge in [-0.25, -0.2) is 0 Å². The summed E-state index contributed by atoms with van der Waals surface area (Å²) < 4.78 is 85.1. The molecule has 0 amide bonds. The van der Waals surface area contributed by atoms with Gasteiger partial charge < -0.3 is 63.3 Å². The molecule has 4 fully saturated rings. The van der Waals surface area contributed by atoms with Crippen LogP contribution in [-0.2, 0) is 82.3 Å². The highest BCUT2D eigenvalue weighted by atomic mass is 31.2. The van der Waals surface area contributed by atoms with Gasteiger partial charge in [0.1, 0.15) is 17.2 Å². The van der Waals surface area contributed by atoms with Gasteiger partial charge in [0.05, 0.1) is 83.5 Å². The number of aryl methyl sites for hydroxylation is 3. The van der Waals surface area contributed by atoms with Crippen LogP contribution in [0.15, 0.2) is 36.4 Å². The number of unbranched alkanes of at least 4 members (excludes halogenated alkanes) is 30. The van der Waals surface area contributed by atoms with Gasteiger partial charge in [0.15, 0.2) is 0 Å². The van der Waals surface area contributed by atoms with Crippen molar-refractivity contribution >= 4 is 43.4 Å². The maximum absolute atomic E-state index is 6.58. The minimum atomic E-state index is -1.56. The van der Waals surface area contributed by atoms with Crippen molar-refractivity contribution in [3.63, 3.8) is 0 Å². The van der Waals surface area contributed by atoms with Crippen LogP contribution in [0.4, 0.5) is 0 Å². The molecule has 0 radical (unpaired) electrons. The van der Waals surface area contributed by atoms with Crippen molar-refractivity contribution < 1.29 is 63.3 Å². The first-order valence-corrected chi connectivity index (χ1v) is 49.5. The van der Waals surface area contributed by atoms with Crippen LogP contribution in [-0.4, -0.2) is 72.7 Å². The molecule has 112 heavy (non-hydrogen) atoms. The summed E-state index contributed by atoms with van der Waals surface area (Å²) in [6, 6.07) is 13.4. The second-order valence-electron chi connectivity index (χ2n) is 39.2. The van der Waals surface area contributed by atoms with Crippen LogP contribution in [0, 0.1) is 31.6 Å². The van der Waals surface area contributed by atoms with Crippen LogP contribution >= 0.6 is 43.4 Å². The third-order valence-electron chi connectivity index (χ3n) is 21.5. The minimum Gasteiger partial charge on any atom is -0.449 e. The van der Waals surface area contributed by atoms with E-state index >= 15 is 0 Å². The molecule has 3 aromatic carbocycles. The number of rotatable bonds is 44. The summed E-state index contributed by atoms with van der Waals surface area (Å²) in [5.74, 6) is 2.74. The first-order valence-electron chi connectivity index (χ1n) is 44.3. The van der Waals surface area contributed by atoms with E-state index in [1.807, 2.05) is 6.92 Å². The molecule has 4 saturated heterocycles. The molecule has 0 saturated carbocycles. The molecule has 2 spiro atoms. The topological polar surface area (TPSA) is 129 Å².